The summed E-state index contributed by atoms with van der Waals surface area (Å²) in [5.41, 5.74) is 13.0. The van der Waals surface area contributed by atoms with Gasteiger partial charge in [0.1, 0.15) is 92.0 Å². The number of ether oxygens (including phenoxy) is 8. The molecule has 0 aliphatic rings. The van der Waals surface area contributed by atoms with E-state index in [1.165, 1.54) is 0 Å². The summed E-state index contributed by atoms with van der Waals surface area (Å²) in [6, 6.07) is 66.2. The zero-order valence-electron chi connectivity index (χ0n) is 34.2. The van der Waals surface area contributed by atoms with Crippen molar-refractivity contribution < 1.29 is 37.9 Å². The quantitative estimate of drug-likeness (QED) is 0.0908. The first-order chi connectivity index (χ1) is 31.4. The van der Waals surface area contributed by atoms with E-state index in [-0.39, 0.29) is 0 Å². The lowest BCUT2D eigenvalue weighted by molar-refractivity contribution is 0.443. The molecule has 9 aromatic carbocycles. The van der Waals surface area contributed by atoms with Crippen LogP contribution in [0.25, 0.3) is 0 Å². The molecule has 0 amide bonds. The first-order valence-corrected chi connectivity index (χ1v) is 20.2. The molecule has 0 aliphatic carbocycles. The van der Waals surface area contributed by atoms with Gasteiger partial charge in [0, 0.05) is 66.0 Å². The largest absolute Gasteiger partial charge is 0.457 e. The summed E-state index contributed by atoms with van der Waals surface area (Å²) in [6.07, 6.45) is 0. The van der Waals surface area contributed by atoms with E-state index in [9.17, 15) is 0 Å². The van der Waals surface area contributed by atoms with Crippen LogP contribution in [0.5, 0.6) is 92.0 Å². The Bertz CT molecular complexity index is 2830. The lowest BCUT2D eigenvalue weighted by Gasteiger charge is -2.13. The summed E-state index contributed by atoms with van der Waals surface area (Å²) < 4.78 is 49.1. The van der Waals surface area contributed by atoms with Gasteiger partial charge < -0.3 is 49.4 Å². The number of nitrogens with two attached hydrogens (primary N) is 2. The average Bonchev–Trinajstić information content (AvgIpc) is 3.27. The second-order valence-corrected chi connectivity index (χ2v) is 14.3. The SMILES string of the molecule is Nc1cccc(Oc2cccc(Oc3cccc(Oc4cccc(Oc5cccc(Oc6cccc(Oc7cccc(Oc8cccc(Oc9cccc(N)c9)c8)c7)c6)c5)c4)c3)c2)c1. The van der Waals surface area contributed by atoms with E-state index in [2.05, 4.69) is 0 Å². The van der Waals surface area contributed by atoms with Gasteiger partial charge in [-0.1, -0.05) is 54.6 Å². The van der Waals surface area contributed by atoms with Crippen LogP contribution in [-0.4, -0.2) is 0 Å². The van der Waals surface area contributed by atoms with Crippen LogP contribution in [0.4, 0.5) is 11.4 Å². The van der Waals surface area contributed by atoms with Crippen molar-refractivity contribution in [2.24, 2.45) is 0 Å². The molecule has 4 N–H and O–H groups in total. The van der Waals surface area contributed by atoms with Gasteiger partial charge in [-0.3, -0.25) is 0 Å². The molecule has 0 saturated carbocycles. The molecule has 0 atom stereocenters. The monoisotopic (exact) mass is 844 g/mol. The van der Waals surface area contributed by atoms with E-state index in [0.29, 0.717) is 103 Å². The minimum absolute atomic E-state index is 0.582. The molecule has 0 unspecified atom stereocenters. The minimum Gasteiger partial charge on any atom is -0.457 e. The van der Waals surface area contributed by atoms with E-state index in [0.717, 1.165) is 0 Å². The molecule has 0 aromatic heterocycles. The third kappa shape index (κ3) is 11.2. The third-order valence-electron chi connectivity index (χ3n) is 9.24. The van der Waals surface area contributed by atoms with Crippen molar-refractivity contribution in [2.75, 3.05) is 11.5 Å². The highest BCUT2D eigenvalue weighted by Gasteiger charge is 2.09. The Morgan fingerprint density at radius 1 is 0.172 bits per heavy atom. The number of anilines is 2. The molecule has 0 heterocycles. The highest BCUT2D eigenvalue weighted by atomic mass is 16.5. The van der Waals surface area contributed by atoms with Gasteiger partial charge in [0.2, 0.25) is 0 Å². The first-order valence-electron chi connectivity index (χ1n) is 20.2. The molecule has 9 aromatic rings. The number of hydrogen-bond donors (Lipinski definition) is 2. The molecule has 0 radical (unpaired) electrons. The minimum atomic E-state index is 0.582. The van der Waals surface area contributed by atoms with Gasteiger partial charge in [-0.15, -0.1) is 0 Å². The maximum absolute atomic E-state index is 6.24. The maximum atomic E-state index is 6.24. The fourth-order valence-electron chi connectivity index (χ4n) is 6.45. The maximum Gasteiger partial charge on any atom is 0.131 e. The van der Waals surface area contributed by atoms with Crippen LogP contribution in [0.1, 0.15) is 0 Å². The van der Waals surface area contributed by atoms with E-state index in [1.54, 1.807) is 12.1 Å². The first kappa shape index (κ1) is 40.4. The predicted octanol–water partition coefficient (Wildman–Crippen LogP) is 15.2. The van der Waals surface area contributed by atoms with Gasteiger partial charge >= 0.3 is 0 Å². The third-order valence-corrected chi connectivity index (χ3v) is 9.24. The van der Waals surface area contributed by atoms with Gasteiger partial charge in [0.15, 0.2) is 0 Å². The molecule has 10 heteroatoms. The summed E-state index contributed by atoms with van der Waals surface area (Å²) in [5.74, 6) is 9.61. The molecular weight excluding hydrogens is 805 g/mol. The Hall–Kier alpha value is -9.02. The van der Waals surface area contributed by atoms with Crippen molar-refractivity contribution in [3.63, 3.8) is 0 Å². The Labute approximate surface area is 369 Å². The summed E-state index contributed by atoms with van der Waals surface area (Å²) in [7, 11) is 0. The van der Waals surface area contributed by atoms with Crippen LogP contribution in [0.2, 0.25) is 0 Å². The highest BCUT2D eigenvalue weighted by molar-refractivity contribution is 5.50. The number of hydrogen-bond acceptors (Lipinski definition) is 10. The van der Waals surface area contributed by atoms with Crippen molar-refractivity contribution in [1.29, 1.82) is 0 Å². The summed E-state index contributed by atoms with van der Waals surface area (Å²) >= 11 is 0. The predicted molar refractivity (Wildman–Crippen MR) is 247 cm³/mol. The van der Waals surface area contributed by atoms with E-state index >= 15 is 0 Å². The average molecular weight is 845 g/mol. The number of nitrogen functional groups attached to an aromatic ring is 2. The molecule has 0 spiro atoms. The van der Waals surface area contributed by atoms with E-state index in [4.69, 9.17) is 49.4 Å². The summed E-state index contributed by atoms with van der Waals surface area (Å²) in [5, 5.41) is 0. The van der Waals surface area contributed by atoms with Gasteiger partial charge in [-0.2, -0.15) is 0 Å². The fraction of sp³-hybridized carbons (Fsp3) is 0. The highest BCUT2D eigenvalue weighted by Crippen LogP contribution is 2.36. The lowest BCUT2D eigenvalue weighted by atomic mass is 10.2. The van der Waals surface area contributed by atoms with Crippen LogP contribution in [0, 0.1) is 0 Å². The Kier molecular flexibility index (Phi) is 12.1. The second kappa shape index (κ2) is 19.1. The van der Waals surface area contributed by atoms with Gasteiger partial charge in [0.25, 0.3) is 0 Å². The van der Waals surface area contributed by atoms with Crippen molar-refractivity contribution >= 4 is 11.4 Å². The lowest BCUT2D eigenvalue weighted by Crippen LogP contribution is -1.90. The molecular formula is C54H40N2O8. The van der Waals surface area contributed by atoms with Gasteiger partial charge in [-0.05, 0) is 109 Å². The van der Waals surface area contributed by atoms with Crippen LogP contribution < -0.4 is 49.4 Å². The van der Waals surface area contributed by atoms with Crippen LogP contribution >= 0.6 is 0 Å². The van der Waals surface area contributed by atoms with Gasteiger partial charge in [-0.25, -0.2) is 0 Å². The molecule has 64 heavy (non-hydrogen) atoms. The zero-order chi connectivity index (χ0) is 43.5. The van der Waals surface area contributed by atoms with Crippen LogP contribution in [0.3, 0.4) is 0 Å². The summed E-state index contributed by atoms with van der Waals surface area (Å²) in [6.45, 7) is 0. The molecule has 314 valence electrons. The van der Waals surface area contributed by atoms with Crippen molar-refractivity contribution in [3.8, 4) is 92.0 Å². The Morgan fingerprint density at radius 3 is 0.438 bits per heavy atom. The standard InChI is InChI=1S/C54H40N2O8/c55-37-10-1-12-39(28-37)57-41-14-3-16-43(30-41)59-45-18-5-20-47(32-45)61-49-22-7-24-51(34-49)63-53-26-9-27-54(36-53)64-52-25-8-23-50(35-52)62-48-21-6-19-46(33-48)60-44-17-4-15-42(31-44)58-40-13-2-11-38(56)29-40/h1-36H,55-56H2. The molecule has 0 fully saturated rings. The number of benzene rings is 9. The molecule has 0 bridgehead atoms. The van der Waals surface area contributed by atoms with E-state index < -0.39 is 0 Å². The van der Waals surface area contributed by atoms with Crippen molar-refractivity contribution in [2.45, 2.75) is 0 Å². The van der Waals surface area contributed by atoms with Crippen LogP contribution in [-0.2, 0) is 0 Å². The van der Waals surface area contributed by atoms with Crippen LogP contribution in [0.15, 0.2) is 218 Å². The Morgan fingerprint density at radius 2 is 0.297 bits per heavy atom. The summed E-state index contributed by atoms with van der Waals surface area (Å²) in [4.78, 5) is 0. The van der Waals surface area contributed by atoms with Crippen molar-refractivity contribution in [3.05, 3.63) is 218 Å². The Balaban J connectivity index is 0.798. The molecule has 10 nitrogen and oxygen atoms in total. The van der Waals surface area contributed by atoms with Crippen molar-refractivity contribution in [1.82, 2.24) is 0 Å². The molecule has 9 rings (SSSR count). The van der Waals surface area contributed by atoms with Gasteiger partial charge in [0.05, 0.1) is 0 Å². The molecule has 0 saturated heterocycles. The normalized spacial score (nSPS) is 10.6. The second-order valence-electron chi connectivity index (χ2n) is 14.3. The smallest absolute Gasteiger partial charge is 0.131 e. The topological polar surface area (TPSA) is 126 Å². The fourth-order valence-corrected chi connectivity index (χ4v) is 6.45. The molecule has 0 aliphatic heterocycles. The van der Waals surface area contributed by atoms with E-state index in [1.807, 2.05) is 206 Å². The zero-order valence-corrected chi connectivity index (χ0v) is 34.2. The number of rotatable bonds is 16.